The van der Waals surface area contributed by atoms with Crippen LogP contribution in [0, 0.1) is 0 Å². The molecular weight excluding hydrogens is 853 g/mol. The lowest BCUT2D eigenvalue weighted by atomic mass is 10.1. The predicted octanol–water partition coefficient (Wildman–Crippen LogP) is 18.9. The summed E-state index contributed by atoms with van der Waals surface area (Å²) in [5.74, 6) is -1.00. The Kier molecular flexibility index (Phi) is 53.0. The van der Waals surface area contributed by atoms with Crippen LogP contribution in [0.2, 0.25) is 0 Å². The first-order chi connectivity index (χ1) is 34.0. The van der Waals surface area contributed by atoms with Crippen molar-refractivity contribution in [3.63, 3.8) is 0 Å². The highest BCUT2D eigenvalue weighted by Gasteiger charge is 2.19. The SMILES string of the molecule is CC/C=C\C/C=C\C/C=C\C/C=C\C/C=C\CCCC(=O)OC(COC(=O)CCCCCCC/C=C\C=C/CCCCCCCCC)COC(=O)CCCCCCCC/C=C\C/C=C\C/C=C\CC. The average molecular weight is 956 g/mol. The minimum Gasteiger partial charge on any atom is -0.462 e. The fraction of sp³-hybridized carbons (Fsp3) is 0.635. The molecule has 0 aliphatic heterocycles. The van der Waals surface area contributed by atoms with Gasteiger partial charge in [0.15, 0.2) is 6.10 Å². The van der Waals surface area contributed by atoms with Crippen molar-refractivity contribution in [1.29, 1.82) is 0 Å². The van der Waals surface area contributed by atoms with Gasteiger partial charge < -0.3 is 14.2 Å². The highest BCUT2D eigenvalue weighted by molar-refractivity contribution is 5.71. The molecule has 6 nitrogen and oxygen atoms in total. The normalized spacial score (nSPS) is 13.0. The maximum absolute atomic E-state index is 12.8. The molecule has 1 unspecified atom stereocenters. The third-order valence-corrected chi connectivity index (χ3v) is 11.5. The lowest BCUT2D eigenvalue weighted by molar-refractivity contribution is -0.167. The van der Waals surface area contributed by atoms with Gasteiger partial charge in [-0.05, 0) is 116 Å². The molecule has 0 rings (SSSR count). The number of carbonyl (C=O) groups excluding carboxylic acids is 3. The highest BCUT2D eigenvalue weighted by atomic mass is 16.6. The van der Waals surface area contributed by atoms with Gasteiger partial charge in [0.2, 0.25) is 0 Å². The Morgan fingerprint density at radius 1 is 0.319 bits per heavy atom. The lowest BCUT2D eigenvalue weighted by Gasteiger charge is -2.18. The number of unbranched alkanes of at least 4 members (excludes halogenated alkanes) is 19. The quantitative estimate of drug-likeness (QED) is 0.0199. The molecule has 6 heteroatoms. The van der Waals surface area contributed by atoms with Crippen LogP contribution in [0.4, 0.5) is 0 Å². The third-order valence-electron chi connectivity index (χ3n) is 11.5. The van der Waals surface area contributed by atoms with Gasteiger partial charge >= 0.3 is 17.9 Å². The van der Waals surface area contributed by atoms with Crippen molar-refractivity contribution in [2.24, 2.45) is 0 Å². The van der Waals surface area contributed by atoms with Gasteiger partial charge in [-0.25, -0.2) is 0 Å². The zero-order valence-corrected chi connectivity index (χ0v) is 44.5. The van der Waals surface area contributed by atoms with Gasteiger partial charge in [0.05, 0.1) is 0 Å². The van der Waals surface area contributed by atoms with Crippen LogP contribution in [-0.4, -0.2) is 37.2 Å². The Morgan fingerprint density at radius 3 is 1.01 bits per heavy atom. The minimum absolute atomic E-state index is 0.116. The first kappa shape index (κ1) is 64.8. The minimum atomic E-state index is -0.824. The second-order valence-electron chi connectivity index (χ2n) is 18.1. The van der Waals surface area contributed by atoms with Crippen LogP contribution in [0.1, 0.15) is 239 Å². The first-order valence-electron chi connectivity index (χ1n) is 28.1. The monoisotopic (exact) mass is 955 g/mol. The van der Waals surface area contributed by atoms with E-state index in [-0.39, 0.29) is 37.5 Å². The van der Waals surface area contributed by atoms with Crippen LogP contribution >= 0.6 is 0 Å². The molecule has 0 heterocycles. The Morgan fingerprint density at radius 2 is 0.623 bits per heavy atom. The Labute approximate surface area is 424 Å². The van der Waals surface area contributed by atoms with E-state index in [1.165, 1.54) is 64.2 Å². The van der Waals surface area contributed by atoms with Crippen molar-refractivity contribution >= 4 is 17.9 Å². The van der Waals surface area contributed by atoms with E-state index in [0.29, 0.717) is 19.3 Å². The molecule has 0 aliphatic rings. The summed E-state index contributed by atoms with van der Waals surface area (Å²) in [6.07, 6.45) is 77.6. The maximum Gasteiger partial charge on any atom is 0.306 e. The molecule has 0 saturated heterocycles. The van der Waals surface area contributed by atoms with Gasteiger partial charge in [-0.2, -0.15) is 0 Å². The highest BCUT2D eigenvalue weighted by Crippen LogP contribution is 2.13. The average Bonchev–Trinajstić information content (AvgIpc) is 3.35. The van der Waals surface area contributed by atoms with E-state index < -0.39 is 6.10 Å². The summed E-state index contributed by atoms with van der Waals surface area (Å²) in [6.45, 7) is 6.33. The fourth-order valence-corrected chi connectivity index (χ4v) is 7.31. The molecule has 390 valence electrons. The summed E-state index contributed by atoms with van der Waals surface area (Å²) in [5.41, 5.74) is 0. The van der Waals surface area contributed by atoms with Crippen molar-refractivity contribution in [1.82, 2.24) is 0 Å². The van der Waals surface area contributed by atoms with Crippen molar-refractivity contribution < 1.29 is 28.6 Å². The maximum atomic E-state index is 12.8. The molecule has 0 bridgehead atoms. The molecule has 0 amide bonds. The van der Waals surface area contributed by atoms with E-state index >= 15 is 0 Å². The number of ether oxygens (including phenoxy) is 3. The van der Waals surface area contributed by atoms with Crippen LogP contribution in [0.5, 0.6) is 0 Å². The number of allylic oxidation sites excluding steroid dienone is 20. The van der Waals surface area contributed by atoms with Gasteiger partial charge in [0.1, 0.15) is 13.2 Å². The van der Waals surface area contributed by atoms with Gasteiger partial charge in [-0.1, -0.05) is 226 Å². The number of hydrogen-bond acceptors (Lipinski definition) is 6. The molecule has 0 fully saturated rings. The fourth-order valence-electron chi connectivity index (χ4n) is 7.31. The van der Waals surface area contributed by atoms with Crippen LogP contribution < -0.4 is 0 Å². The van der Waals surface area contributed by atoms with Crippen molar-refractivity contribution in [3.05, 3.63) is 122 Å². The number of carbonyl (C=O) groups is 3. The number of esters is 3. The summed E-state index contributed by atoms with van der Waals surface area (Å²) in [5, 5.41) is 0. The van der Waals surface area contributed by atoms with Gasteiger partial charge in [0, 0.05) is 19.3 Å². The second-order valence-corrected chi connectivity index (χ2v) is 18.1. The van der Waals surface area contributed by atoms with E-state index in [9.17, 15) is 14.4 Å². The molecule has 0 aliphatic carbocycles. The molecule has 0 aromatic heterocycles. The van der Waals surface area contributed by atoms with E-state index in [1.807, 2.05) is 0 Å². The molecular formula is C63H102O6. The third kappa shape index (κ3) is 54.6. The Balaban J connectivity index is 4.54. The van der Waals surface area contributed by atoms with E-state index in [2.05, 4.69) is 142 Å². The van der Waals surface area contributed by atoms with Crippen molar-refractivity contribution in [3.8, 4) is 0 Å². The van der Waals surface area contributed by atoms with Crippen molar-refractivity contribution in [2.45, 2.75) is 245 Å². The second kappa shape index (κ2) is 56.4. The van der Waals surface area contributed by atoms with Gasteiger partial charge in [0.25, 0.3) is 0 Å². The molecule has 0 aromatic carbocycles. The summed E-state index contributed by atoms with van der Waals surface area (Å²) in [6, 6.07) is 0. The largest absolute Gasteiger partial charge is 0.462 e. The predicted molar refractivity (Wildman–Crippen MR) is 297 cm³/mol. The summed E-state index contributed by atoms with van der Waals surface area (Å²) in [7, 11) is 0. The Hall–Kier alpha value is -4.19. The zero-order valence-electron chi connectivity index (χ0n) is 44.5. The van der Waals surface area contributed by atoms with Crippen LogP contribution in [0.25, 0.3) is 0 Å². The molecule has 1 atom stereocenters. The summed E-state index contributed by atoms with van der Waals surface area (Å²) < 4.78 is 16.8. The number of hydrogen-bond donors (Lipinski definition) is 0. The van der Waals surface area contributed by atoms with Crippen molar-refractivity contribution in [2.75, 3.05) is 13.2 Å². The summed E-state index contributed by atoms with van der Waals surface area (Å²) in [4.78, 5) is 38.1. The lowest BCUT2D eigenvalue weighted by Crippen LogP contribution is -2.30. The van der Waals surface area contributed by atoms with E-state index in [4.69, 9.17) is 14.2 Å². The standard InChI is InChI=1S/C63H102O6/c1-4-7-10-13-16-19-22-25-28-31-33-35-38-41-44-47-50-53-56-62(65)68-59-60(58-67-61(64)55-52-49-46-43-40-37-34-30-27-24-21-18-15-12-9-6-3)69-63(66)57-54-51-48-45-42-39-36-32-29-26-23-20-17-14-11-8-5-2/h8-9,11-12,17-18,20-21,26-31,33,35-36,39,45,48,60H,4-7,10,13-16,19,22-25,32,34,37-38,40-44,46-47,49-59H2,1-3H3/b11-8-,12-9-,20-17-,21-18-,29-26-,30-27-,31-28-,35-33-,39-36-,48-45-. The molecule has 0 N–H and O–H groups in total. The summed E-state index contributed by atoms with van der Waals surface area (Å²) >= 11 is 0. The Bertz CT molecular complexity index is 1470. The molecule has 69 heavy (non-hydrogen) atoms. The molecule has 0 saturated carbocycles. The molecule has 0 aromatic rings. The van der Waals surface area contributed by atoms with Crippen LogP contribution in [0.15, 0.2) is 122 Å². The zero-order chi connectivity index (χ0) is 50.0. The number of rotatable bonds is 49. The van der Waals surface area contributed by atoms with Gasteiger partial charge in [-0.15, -0.1) is 0 Å². The smallest absolute Gasteiger partial charge is 0.306 e. The van der Waals surface area contributed by atoms with E-state index in [1.54, 1.807) is 0 Å². The molecule has 0 radical (unpaired) electrons. The van der Waals surface area contributed by atoms with Crippen LogP contribution in [-0.2, 0) is 28.6 Å². The van der Waals surface area contributed by atoms with Crippen LogP contribution in [0.3, 0.4) is 0 Å². The first-order valence-corrected chi connectivity index (χ1v) is 28.1. The van der Waals surface area contributed by atoms with Gasteiger partial charge in [-0.3, -0.25) is 14.4 Å². The molecule has 0 spiro atoms. The van der Waals surface area contributed by atoms with E-state index in [0.717, 1.165) is 128 Å². The topological polar surface area (TPSA) is 78.9 Å².